The molecule has 2 nitrogen and oxygen atoms in total. The van der Waals surface area contributed by atoms with Crippen molar-refractivity contribution in [3.8, 4) is 22.5 Å². The Morgan fingerprint density at radius 1 is 0.750 bits per heavy atom. The molecule has 3 aromatic carbocycles. The largest absolute Gasteiger partial charge is 0.222 e. The van der Waals surface area contributed by atoms with E-state index in [2.05, 4.69) is 43.3 Å². The molecule has 0 aliphatic heterocycles. The number of halogens is 1. The molecule has 0 spiro atoms. The molecule has 0 aliphatic rings. The van der Waals surface area contributed by atoms with Crippen LogP contribution in [0.15, 0.2) is 90.1 Å². The second kappa shape index (κ2) is 8.36. The molecule has 0 unspecified atom stereocenters. The normalized spacial score (nSPS) is 10.8. The Hall–Kier alpha value is -2.98. The van der Waals surface area contributed by atoms with Gasteiger partial charge in [-0.3, -0.25) is 0 Å². The van der Waals surface area contributed by atoms with Gasteiger partial charge in [-0.1, -0.05) is 84.1 Å². The molecule has 28 heavy (non-hydrogen) atoms. The first-order valence-corrected chi connectivity index (χ1v) is 10.0. The second-order valence-electron chi connectivity index (χ2n) is 6.57. The van der Waals surface area contributed by atoms with Crippen LogP contribution in [0, 0.1) is 12.7 Å². The van der Waals surface area contributed by atoms with Crippen molar-refractivity contribution < 1.29 is 4.39 Å². The summed E-state index contributed by atoms with van der Waals surface area (Å²) in [5.41, 5.74) is 6.17. The molecule has 0 N–H and O–H groups in total. The lowest BCUT2D eigenvalue weighted by atomic mass is 10.1. The average molecular weight is 386 g/mol. The standard InChI is InChI=1S/C24H19FN2S/c1-17-7-11-20(12-8-17)23-15-22(19-5-3-2-4-6-19)26-24(27-23)28-16-18-9-13-21(25)14-10-18/h2-15H,16H2,1H3. The summed E-state index contributed by atoms with van der Waals surface area (Å²) in [6.07, 6.45) is 0. The minimum absolute atomic E-state index is 0.224. The summed E-state index contributed by atoms with van der Waals surface area (Å²) in [4.78, 5) is 9.53. The monoisotopic (exact) mass is 386 g/mol. The maximum atomic E-state index is 13.1. The lowest BCUT2D eigenvalue weighted by molar-refractivity contribution is 0.627. The van der Waals surface area contributed by atoms with Crippen LogP contribution in [-0.2, 0) is 5.75 Å². The minimum Gasteiger partial charge on any atom is -0.222 e. The fourth-order valence-electron chi connectivity index (χ4n) is 2.85. The number of aryl methyl sites for hydroxylation is 1. The summed E-state index contributed by atoms with van der Waals surface area (Å²) in [6, 6.07) is 27.0. The molecule has 138 valence electrons. The van der Waals surface area contributed by atoms with E-state index in [1.807, 2.05) is 24.3 Å². The molecule has 1 aromatic heterocycles. The van der Waals surface area contributed by atoms with E-state index in [1.54, 1.807) is 23.9 Å². The molecule has 0 bridgehead atoms. The Balaban J connectivity index is 1.69. The maximum absolute atomic E-state index is 13.1. The topological polar surface area (TPSA) is 25.8 Å². The van der Waals surface area contributed by atoms with Crippen molar-refractivity contribution in [2.24, 2.45) is 0 Å². The van der Waals surface area contributed by atoms with Crippen molar-refractivity contribution >= 4 is 11.8 Å². The predicted molar refractivity (Wildman–Crippen MR) is 114 cm³/mol. The van der Waals surface area contributed by atoms with E-state index in [0.29, 0.717) is 10.9 Å². The molecule has 0 saturated heterocycles. The van der Waals surface area contributed by atoms with Gasteiger partial charge < -0.3 is 0 Å². The Morgan fingerprint density at radius 3 is 2.00 bits per heavy atom. The molecule has 0 atom stereocenters. The van der Waals surface area contributed by atoms with Crippen LogP contribution in [0.3, 0.4) is 0 Å². The molecule has 0 fully saturated rings. The van der Waals surface area contributed by atoms with E-state index < -0.39 is 0 Å². The van der Waals surface area contributed by atoms with Crippen LogP contribution in [0.1, 0.15) is 11.1 Å². The average Bonchev–Trinajstić information content (AvgIpc) is 2.74. The summed E-state index contributed by atoms with van der Waals surface area (Å²) < 4.78 is 13.1. The first-order chi connectivity index (χ1) is 13.7. The van der Waals surface area contributed by atoms with Gasteiger partial charge in [-0.05, 0) is 30.7 Å². The highest BCUT2D eigenvalue weighted by Crippen LogP contribution is 2.28. The number of benzene rings is 3. The summed E-state index contributed by atoms with van der Waals surface area (Å²) >= 11 is 1.56. The van der Waals surface area contributed by atoms with Gasteiger partial charge in [-0.15, -0.1) is 0 Å². The second-order valence-corrected chi connectivity index (χ2v) is 7.51. The van der Waals surface area contributed by atoms with Crippen molar-refractivity contribution in [1.82, 2.24) is 9.97 Å². The highest BCUT2D eigenvalue weighted by Gasteiger charge is 2.09. The summed E-state index contributed by atoms with van der Waals surface area (Å²) in [6.45, 7) is 2.07. The van der Waals surface area contributed by atoms with Gasteiger partial charge in [-0.2, -0.15) is 0 Å². The quantitative estimate of drug-likeness (QED) is 0.287. The van der Waals surface area contributed by atoms with E-state index in [9.17, 15) is 4.39 Å². The highest BCUT2D eigenvalue weighted by molar-refractivity contribution is 7.98. The lowest BCUT2D eigenvalue weighted by Crippen LogP contribution is -1.95. The summed E-state index contributed by atoms with van der Waals surface area (Å²) in [5.74, 6) is 0.462. The fraction of sp³-hybridized carbons (Fsp3) is 0.0833. The third-order valence-electron chi connectivity index (χ3n) is 4.40. The van der Waals surface area contributed by atoms with Gasteiger partial charge in [0.2, 0.25) is 0 Å². The Bertz CT molecular complexity index is 1060. The van der Waals surface area contributed by atoms with Gasteiger partial charge in [0.25, 0.3) is 0 Å². The first kappa shape index (κ1) is 18.4. The van der Waals surface area contributed by atoms with Crippen LogP contribution in [-0.4, -0.2) is 9.97 Å². The molecule has 0 radical (unpaired) electrons. The maximum Gasteiger partial charge on any atom is 0.189 e. The first-order valence-electron chi connectivity index (χ1n) is 9.06. The zero-order valence-electron chi connectivity index (χ0n) is 15.5. The molecule has 4 rings (SSSR count). The Morgan fingerprint density at radius 2 is 1.36 bits per heavy atom. The molecule has 0 aliphatic carbocycles. The number of nitrogens with zero attached hydrogens (tertiary/aromatic N) is 2. The molecule has 4 aromatic rings. The van der Waals surface area contributed by atoms with Crippen molar-refractivity contribution in [2.45, 2.75) is 17.8 Å². The van der Waals surface area contributed by atoms with Gasteiger partial charge in [-0.25, -0.2) is 14.4 Å². The molecule has 1 heterocycles. The Labute approximate surface area is 168 Å². The van der Waals surface area contributed by atoms with Crippen LogP contribution in [0.4, 0.5) is 4.39 Å². The Kier molecular flexibility index (Phi) is 5.49. The van der Waals surface area contributed by atoms with Crippen LogP contribution in [0.5, 0.6) is 0 Å². The van der Waals surface area contributed by atoms with Crippen LogP contribution in [0.2, 0.25) is 0 Å². The van der Waals surface area contributed by atoms with Crippen molar-refractivity contribution in [3.05, 3.63) is 102 Å². The van der Waals surface area contributed by atoms with Crippen molar-refractivity contribution in [1.29, 1.82) is 0 Å². The molecular weight excluding hydrogens is 367 g/mol. The molecule has 0 saturated carbocycles. The van der Waals surface area contributed by atoms with Crippen molar-refractivity contribution in [3.63, 3.8) is 0 Å². The number of thioether (sulfide) groups is 1. The molecular formula is C24H19FN2S. The van der Waals surface area contributed by atoms with Crippen LogP contribution >= 0.6 is 11.8 Å². The van der Waals surface area contributed by atoms with E-state index in [1.165, 1.54) is 17.7 Å². The number of rotatable bonds is 5. The molecule has 4 heteroatoms. The summed E-state index contributed by atoms with van der Waals surface area (Å²) in [5, 5.41) is 0.709. The number of hydrogen-bond acceptors (Lipinski definition) is 3. The smallest absolute Gasteiger partial charge is 0.189 e. The van der Waals surface area contributed by atoms with Crippen LogP contribution < -0.4 is 0 Å². The minimum atomic E-state index is -0.224. The van der Waals surface area contributed by atoms with Gasteiger partial charge in [0.05, 0.1) is 11.4 Å². The van der Waals surface area contributed by atoms with E-state index >= 15 is 0 Å². The van der Waals surface area contributed by atoms with E-state index in [-0.39, 0.29) is 5.82 Å². The SMILES string of the molecule is Cc1ccc(-c2cc(-c3ccccc3)nc(SCc3ccc(F)cc3)n2)cc1. The number of hydrogen-bond donors (Lipinski definition) is 0. The summed E-state index contributed by atoms with van der Waals surface area (Å²) in [7, 11) is 0. The zero-order chi connectivity index (χ0) is 19.3. The van der Waals surface area contributed by atoms with Gasteiger partial charge >= 0.3 is 0 Å². The third kappa shape index (κ3) is 4.46. The van der Waals surface area contributed by atoms with Crippen molar-refractivity contribution in [2.75, 3.05) is 0 Å². The predicted octanol–water partition coefficient (Wildman–Crippen LogP) is 6.55. The van der Waals surface area contributed by atoms with Crippen LogP contribution in [0.25, 0.3) is 22.5 Å². The van der Waals surface area contributed by atoms with Gasteiger partial charge in [0.15, 0.2) is 5.16 Å². The zero-order valence-corrected chi connectivity index (χ0v) is 16.3. The van der Waals surface area contributed by atoms with E-state index in [0.717, 1.165) is 28.1 Å². The highest BCUT2D eigenvalue weighted by atomic mass is 32.2. The third-order valence-corrected chi connectivity index (χ3v) is 5.32. The van der Waals surface area contributed by atoms with Gasteiger partial charge in [0, 0.05) is 16.9 Å². The number of aromatic nitrogens is 2. The van der Waals surface area contributed by atoms with E-state index in [4.69, 9.17) is 9.97 Å². The van der Waals surface area contributed by atoms with Gasteiger partial charge in [0.1, 0.15) is 5.82 Å². The lowest BCUT2D eigenvalue weighted by Gasteiger charge is -2.09. The molecule has 0 amide bonds. The fourth-order valence-corrected chi connectivity index (χ4v) is 3.66.